The van der Waals surface area contributed by atoms with E-state index >= 15 is 0 Å². The van der Waals surface area contributed by atoms with Crippen molar-refractivity contribution in [3.05, 3.63) is 24.3 Å². The number of methoxy groups -OCH3 is 1. The van der Waals surface area contributed by atoms with Gasteiger partial charge in [0.2, 0.25) is 16.8 Å². The van der Waals surface area contributed by atoms with Crippen molar-refractivity contribution >= 4 is 28.1 Å². The number of hydroxylamine groups is 2. The van der Waals surface area contributed by atoms with E-state index in [0.29, 0.717) is 23.7 Å². The van der Waals surface area contributed by atoms with E-state index in [1.165, 1.54) is 31.4 Å². The van der Waals surface area contributed by atoms with Gasteiger partial charge in [-0.3, -0.25) is 14.8 Å². The van der Waals surface area contributed by atoms with Gasteiger partial charge in [0, 0.05) is 6.54 Å². The number of benzene rings is 1. The van der Waals surface area contributed by atoms with Gasteiger partial charge in [0.25, 0.3) is 5.91 Å². The minimum absolute atomic E-state index is 0.0850. The number of ether oxygens (including phenoxy) is 4. The first-order valence-corrected chi connectivity index (χ1v) is 12.7. The van der Waals surface area contributed by atoms with Gasteiger partial charge in [-0.25, -0.2) is 18.3 Å². The van der Waals surface area contributed by atoms with Crippen LogP contribution >= 0.6 is 0 Å². The topological polar surface area (TPSA) is 149 Å². The van der Waals surface area contributed by atoms with Gasteiger partial charge in [-0.1, -0.05) is 19.3 Å². The molecule has 1 aliphatic carbocycles. The van der Waals surface area contributed by atoms with Gasteiger partial charge in [0.15, 0.2) is 0 Å². The third kappa shape index (κ3) is 8.67. The average molecular weight is 517 g/mol. The van der Waals surface area contributed by atoms with Crippen LogP contribution in [-0.4, -0.2) is 80.7 Å². The molecule has 0 aliphatic heterocycles. The molecule has 0 unspecified atom stereocenters. The monoisotopic (exact) mass is 516 g/mol. The quantitative estimate of drug-likeness (QED) is 0.190. The van der Waals surface area contributed by atoms with Crippen molar-refractivity contribution < 1.29 is 47.0 Å². The first-order chi connectivity index (χ1) is 16.7. The number of nitrogens with zero attached hydrogens (tertiary/aromatic N) is 2. The Hall–Kier alpha value is -2.90. The molecule has 0 radical (unpaired) electrons. The molecule has 0 heterocycles. The van der Waals surface area contributed by atoms with E-state index in [1.54, 1.807) is 6.92 Å². The molecule has 0 aromatic heterocycles. The predicted molar refractivity (Wildman–Crippen MR) is 121 cm³/mol. The Labute approximate surface area is 204 Å². The molecule has 12 nitrogen and oxygen atoms in total. The summed E-state index contributed by atoms with van der Waals surface area (Å²) >= 11 is 0. The molecule has 13 heteroatoms. The predicted octanol–water partition coefficient (Wildman–Crippen LogP) is 2.30. The molecule has 0 bridgehead atoms. The van der Waals surface area contributed by atoms with Gasteiger partial charge in [-0.2, -0.15) is 4.31 Å². The Morgan fingerprint density at radius 2 is 1.69 bits per heavy atom. The summed E-state index contributed by atoms with van der Waals surface area (Å²) in [6.07, 6.45) is 2.55. The SMILES string of the molecule is CCOC(=O)OCOC(=O)CCN(CC(=O)N(O)C1CCCCC1)S(=O)(=O)c1ccc(OC)cc1. The molecule has 0 saturated heterocycles. The van der Waals surface area contributed by atoms with Crippen LogP contribution in [0.5, 0.6) is 5.75 Å². The minimum Gasteiger partial charge on any atom is -0.497 e. The van der Waals surface area contributed by atoms with Crippen LogP contribution in [0.3, 0.4) is 0 Å². The standard InChI is InChI=1S/C22H32N2O10S/c1-3-32-22(27)34-16-33-21(26)13-14-23(15-20(25)24(28)17-7-5-4-6-8-17)35(29,30)19-11-9-18(31-2)10-12-19/h9-12,17,28H,3-8,13-16H2,1-2H3. The minimum atomic E-state index is -4.22. The lowest BCUT2D eigenvalue weighted by atomic mass is 9.95. The van der Waals surface area contributed by atoms with E-state index < -0.39 is 54.4 Å². The highest BCUT2D eigenvalue weighted by Gasteiger charge is 2.31. The molecule has 2 rings (SSSR count). The lowest BCUT2D eigenvalue weighted by Gasteiger charge is -2.30. The summed E-state index contributed by atoms with van der Waals surface area (Å²) in [5.74, 6) is -1.21. The van der Waals surface area contributed by atoms with Crippen molar-refractivity contribution in [1.29, 1.82) is 0 Å². The summed E-state index contributed by atoms with van der Waals surface area (Å²) in [5.41, 5.74) is 0. The summed E-state index contributed by atoms with van der Waals surface area (Å²) < 4.78 is 46.2. The molecule has 0 atom stereocenters. The van der Waals surface area contributed by atoms with Crippen LogP contribution < -0.4 is 4.74 Å². The fourth-order valence-electron chi connectivity index (χ4n) is 3.52. The summed E-state index contributed by atoms with van der Waals surface area (Å²) in [7, 11) is -2.78. The van der Waals surface area contributed by atoms with Crippen LogP contribution in [0.25, 0.3) is 0 Å². The number of amides is 1. The molecule has 1 aromatic carbocycles. The molecule has 1 fully saturated rings. The highest BCUT2D eigenvalue weighted by molar-refractivity contribution is 7.89. The fraction of sp³-hybridized carbons (Fsp3) is 0.591. The van der Waals surface area contributed by atoms with Crippen molar-refractivity contribution in [1.82, 2.24) is 9.37 Å². The zero-order valence-electron chi connectivity index (χ0n) is 19.9. The first kappa shape index (κ1) is 28.3. The zero-order chi connectivity index (χ0) is 25.8. The maximum atomic E-state index is 13.2. The Morgan fingerprint density at radius 1 is 1.03 bits per heavy atom. The Kier molecular flexibility index (Phi) is 11.2. The first-order valence-electron chi connectivity index (χ1n) is 11.3. The number of esters is 1. The fourth-order valence-corrected chi connectivity index (χ4v) is 4.91. The second kappa shape index (κ2) is 13.9. The molecular weight excluding hydrogens is 484 g/mol. The molecular formula is C22H32N2O10S. The zero-order valence-corrected chi connectivity index (χ0v) is 20.7. The average Bonchev–Trinajstić information content (AvgIpc) is 2.86. The van der Waals surface area contributed by atoms with E-state index in [2.05, 4.69) is 9.47 Å². The molecule has 196 valence electrons. The van der Waals surface area contributed by atoms with Gasteiger partial charge in [-0.15, -0.1) is 0 Å². The summed E-state index contributed by atoms with van der Waals surface area (Å²) in [6, 6.07) is 5.15. The molecule has 1 N–H and O–H groups in total. The molecule has 35 heavy (non-hydrogen) atoms. The van der Waals surface area contributed by atoms with Crippen LogP contribution in [0.4, 0.5) is 4.79 Å². The summed E-state index contributed by atoms with van der Waals surface area (Å²) in [4.78, 5) is 35.8. The Morgan fingerprint density at radius 3 is 2.29 bits per heavy atom. The van der Waals surface area contributed by atoms with Gasteiger partial charge < -0.3 is 18.9 Å². The van der Waals surface area contributed by atoms with E-state index in [4.69, 9.17) is 9.47 Å². The smallest absolute Gasteiger partial charge is 0.497 e. The van der Waals surface area contributed by atoms with Crippen molar-refractivity contribution in [3.8, 4) is 5.75 Å². The third-order valence-corrected chi connectivity index (χ3v) is 7.27. The van der Waals surface area contributed by atoms with Crippen LogP contribution in [0.1, 0.15) is 45.4 Å². The molecule has 1 aliphatic rings. The van der Waals surface area contributed by atoms with Crippen molar-refractivity contribution in [2.45, 2.75) is 56.4 Å². The van der Waals surface area contributed by atoms with Gasteiger partial charge in [-0.05, 0) is 44.0 Å². The molecule has 0 spiro atoms. The van der Waals surface area contributed by atoms with Crippen molar-refractivity contribution in [2.75, 3.05) is 33.6 Å². The number of hydrogen-bond donors (Lipinski definition) is 1. The molecule has 1 amide bonds. The number of rotatable bonds is 12. The van der Waals surface area contributed by atoms with E-state index in [9.17, 15) is 28.0 Å². The van der Waals surface area contributed by atoms with Gasteiger partial charge >= 0.3 is 12.1 Å². The highest BCUT2D eigenvalue weighted by Crippen LogP contribution is 2.23. The number of carbonyl (C=O) groups excluding carboxylic acids is 3. The number of hydrogen-bond acceptors (Lipinski definition) is 10. The van der Waals surface area contributed by atoms with E-state index in [-0.39, 0.29) is 17.5 Å². The van der Waals surface area contributed by atoms with Crippen molar-refractivity contribution in [3.63, 3.8) is 0 Å². The van der Waals surface area contributed by atoms with E-state index in [1.807, 2.05) is 0 Å². The molecule has 1 aromatic rings. The summed E-state index contributed by atoms with van der Waals surface area (Å²) in [5, 5.41) is 11.0. The lowest BCUT2D eigenvalue weighted by Crippen LogP contribution is -2.46. The highest BCUT2D eigenvalue weighted by atomic mass is 32.2. The van der Waals surface area contributed by atoms with Gasteiger partial charge in [0.1, 0.15) is 5.75 Å². The van der Waals surface area contributed by atoms with Crippen LogP contribution in [0.15, 0.2) is 29.2 Å². The van der Waals surface area contributed by atoms with Gasteiger partial charge in [0.05, 0.1) is 37.6 Å². The second-order valence-corrected chi connectivity index (χ2v) is 9.69. The third-order valence-electron chi connectivity index (χ3n) is 5.41. The van der Waals surface area contributed by atoms with Crippen LogP contribution in [0.2, 0.25) is 0 Å². The second-order valence-electron chi connectivity index (χ2n) is 7.76. The largest absolute Gasteiger partial charge is 0.511 e. The molecule has 1 saturated carbocycles. The number of sulfonamides is 1. The Balaban J connectivity index is 2.09. The van der Waals surface area contributed by atoms with E-state index in [0.717, 1.165) is 23.6 Å². The van der Waals surface area contributed by atoms with Crippen LogP contribution in [-0.2, 0) is 33.8 Å². The summed E-state index contributed by atoms with van der Waals surface area (Å²) in [6.45, 7) is -0.116. The lowest BCUT2D eigenvalue weighted by molar-refractivity contribution is -0.178. The maximum Gasteiger partial charge on any atom is 0.511 e. The van der Waals surface area contributed by atoms with Crippen molar-refractivity contribution in [2.24, 2.45) is 0 Å². The maximum absolute atomic E-state index is 13.2. The van der Waals surface area contributed by atoms with Crippen LogP contribution in [0, 0.1) is 0 Å². The normalized spacial score (nSPS) is 14.3. The Bertz CT molecular complexity index is 945. The number of carbonyl (C=O) groups is 3.